The predicted molar refractivity (Wildman–Crippen MR) is 52.6 cm³/mol. The molecule has 0 fully saturated rings. The number of carbonyl (C=O) groups excluding carboxylic acids is 1. The van der Waals surface area contributed by atoms with Gasteiger partial charge in [0.05, 0.1) is 17.7 Å². The van der Waals surface area contributed by atoms with Crippen LogP contribution in [0.1, 0.15) is 15.2 Å². The van der Waals surface area contributed by atoms with E-state index in [-0.39, 0.29) is 5.91 Å². The molecule has 1 amide bonds. The highest BCUT2D eigenvalue weighted by Gasteiger charge is 2.16. The van der Waals surface area contributed by atoms with Crippen LogP contribution in [0.5, 0.6) is 0 Å². The van der Waals surface area contributed by atoms with Crippen LogP contribution < -0.4 is 5.73 Å². The topological polar surface area (TPSA) is 55.6 Å². The molecule has 0 aliphatic carbocycles. The highest BCUT2D eigenvalue weighted by atomic mass is 32.1. The summed E-state index contributed by atoms with van der Waals surface area (Å²) in [4.78, 5) is 17.3. The van der Waals surface area contributed by atoms with Crippen LogP contribution in [0.15, 0.2) is 6.07 Å². The monoisotopic (exact) mass is 200 g/mol. The molecule has 0 bridgehead atoms. The summed E-state index contributed by atoms with van der Waals surface area (Å²) < 4.78 is 0. The third kappa shape index (κ3) is 1.99. The average Bonchev–Trinajstić information content (AvgIpc) is 2.42. The summed E-state index contributed by atoms with van der Waals surface area (Å²) in [5.74, 6) is -0.218. The Morgan fingerprint density at radius 3 is 2.69 bits per heavy atom. The quantitative estimate of drug-likeness (QED) is 0.731. The fourth-order valence-corrected chi connectivity index (χ4v) is 1.73. The molecule has 0 unspecified atom stereocenters. The number of rotatable bonds is 2. The van der Waals surface area contributed by atoms with Gasteiger partial charge in [0, 0.05) is 11.9 Å². The lowest BCUT2D eigenvalue weighted by Gasteiger charge is -2.12. The fraction of sp³-hybridized carbons (Fsp3) is 0.375. The number of hydrogen-bond donors (Lipinski definition) is 1. The Labute approximate surface area is 80.9 Å². The smallest absolute Gasteiger partial charge is 0.280 e. The normalized spacial score (nSPS) is 10.1. The standard InChI is InChI=1S/C8H12N2O2S/c1-5-4-6(7(9)13-5)8(11)10(2)12-3/h4H,9H2,1-3H3. The Morgan fingerprint density at radius 2 is 2.31 bits per heavy atom. The highest BCUT2D eigenvalue weighted by Crippen LogP contribution is 2.24. The van der Waals surface area contributed by atoms with Crippen molar-refractivity contribution in [3.05, 3.63) is 16.5 Å². The van der Waals surface area contributed by atoms with Crippen LogP contribution in [0, 0.1) is 6.92 Å². The van der Waals surface area contributed by atoms with Crippen molar-refractivity contribution in [1.29, 1.82) is 0 Å². The third-order valence-electron chi connectivity index (χ3n) is 1.67. The van der Waals surface area contributed by atoms with Gasteiger partial charge in [-0.25, -0.2) is 5.06 Å². The molecule has 0 aromatic carbocycles. The van der Waals surface area contributed by atoms with E-state index >= 15 is 0 Å². The van der Waals surface area contributed by atoms with Gasteiger partial charge in [-0.15, -0.1) is 11.3 Å². The highest BCUT2D eigenvalue weighted by molar-refractivity contribution is 7.16. The number of aryl methyl sites for hydroxylation is 1. The molecule has 0 saturated carbocycles. The van der Waals surface area contributed by atoms with E-state index in [1.165, 1.54) is 18.4 Å². The molecular weight excluding hydrogens is 188 g/mol. The van der Waals surface area contributed by atoms with Gasteiger partial charge < -0.3 is 5.73 Å². The SMILES string of the molecule is CON(C)C(=O)c1cc(C)sc1N. The van der Waals surface area contributed by atoms with Crippen LogP contribution in [0.3, 0.4) is 0 Å². The van der Waals surface area contributed by atoms with E-state index in [0.29, 0.717) is 10.6 Å². The van der Waals surface area contributed by atoms with Gasteiger partial charge in [-0.05, 0) is 13.0 Å². The van der Waals surface area contributed by atoms with Crippen LogP contribution in [0.25, 0.3) is 0 Å². The first kappa shape index (κ1) is 10.0. The van der Waals surface area contributed by atoms with Gasteiger partial charge in [-0.2, -0.15) is 0 Å². The summed E-state index contributed by atoms with van der Waals surface area (Å²) in [5.41, 5.74) is 6.16. The molecule has 4 nitrogen and oxygen atoms in total. The summed E-state index contributed by atoms with van der Waals surface area (Å²) in [7, 11) is 2.99. The fourth-order valence-electron chi connectivity index (χ4n) is 0.952. The molecule has 2 N–H and O–H groups in total. The minimum atomic E-state index is -0.218. The van der Waals surface area contributed by atoms with E-state index < -0.39 is 0 Å². The van der Waals surface area contributed by atoms with Gasteiger partial charge in [0.15, 0.2) is 0 Å². The van der Waals surface area contributed by atoms with Crippen molar-refractivity contribution in [3.63, 3.8) is 0 Å². The first-order valence-electron chi connectivity index (χ1n) is 3.74. The molecule has 72 valence electrons. The van der Waals surface area contributed by atoms with Crippen molar-refractivity contribution in [2.75, 3.05) is 19.9 Å². The van der Waals surface area contributed by atoms with Crippen molar-refractivity contribution in [3.8, 4) is 0 Å². The van der Waals surface area contributed by atoms with Crippen LogP contribution in [-0.4, -0.2) is 25.1 Å². The number of anilines is 1. The molecule has 13 heavy (non-hydrogen) atoms. The lowest BCUT2D eigenvalue weighted by Crippen LogP contribution is -2.25. The zero-order valence-electron chi connectivity index (χ0n) is 7.83. The number of nitrogens with two attached hydrogens (primary N) is 1. The van der Waals surface area contributed by atoms with Crippen molar-refractivity contribution < 1.29 is 9.63 Å². The molecule has 1 rings (SSSR count). The van der Waals surface area contributed by atoms with E-state index in [1.807, 2.05) is 6.92 Å². The Balaban J connectivity index is 2.94. The number of carbonyl (C=O) groups is 1. The Bertz CT molecular complexity index is 322. The number of nitrogen functional groups attached to an aromatic ring is 1. The van der Waals surface area contributed by atoms with Gasteiger partial charge in [0.1, 0.15) is 0 Å². The van der Waals surface area contributed by atoms with Gasteiger partial charge in [0.25, 0.3) is 5.91 Å². The molecule has 0 radical (unpaired) electrons. The molecular formula is C8H12N2O2S. The minimum absolute atomic E-state index is 0.218. The number of hydrogen-bond acceptors (Lipinski definition) is 4. The molecule has 1 aromatic heterocycles. The van der Waals surface area contributed by atoms with E-state index in [9.17, 15) is 4.79 Å². The predicted octanol–water partition coefficient (Wildman–Crippen LogP) is 1.27. The number of thiophene rings is 1. The second kappa shape index (κ2) is 3.76. The van der Waals surface area contributed by atoms with Crippen LogP contribution in [0.2, 0.25) is 0 Å². The Kier molecular flexibility index (Phi) is 2.90. The van der Waals surface area contributed by atoms with Crippen molar-refractivity contribution >= 4 is 22.2 Å². The molecule has 0 spiro atoms. The second-order valence-electron chi connectivity index (χ2n) is 2.62. The van der Waals surface area contributed by atoms with Crippen LogP contribution in [0.4, 0.5) is 5.00 Å². The maximum atomic E-state index is 11.5. The van der Waals surface area contributed by atoms with Gasteiger partial charge in [-0.3, -0.25) is 9.63 Å². The minimum Gasteiger partial charge on any atom is -0.390 e. The molecule has 0 atom stereocenters. The maximum Gasteiger partial charge on any atom is 0.280 e. The second-order valence-corrected chi connectivity index (χ2v) is 3.91. The van der Waals surface area contributed by atoms with Gasteiger partial charge in [-0.1, -0.05) is 0 Å². The molecule has 1 heterocycles. The molecule has 0 aliphatic heterocycles. The van der Waals surface area contributed by atoms with E-state index in [4.69, 9.17) is 10.6 Å². The molecule has 5 heteroatoms. The Morgan fingerprint density at radius 1 is 1.69 bits per heavy atom. The number of hydroxylamine groups is 2. The lowest BCUT2D eigenvalue weighted by molar-refractivity contribution is -0.0756. The van der Waals surface area contributed by atoms with E-state index in [2.05, 4.69) is 0 Å². The van der Waals surface area contributed by atoms with Crippen molar-refractivity contribution in [1.82, 2.24) is 5.06 Å². The lowest BCUT2D eigenvalue weighted by atomic mass is 10.3. The summed E-state index contributed by atoms with van der Waals surface area (Å²) in [5, 5.41) is 1.68. The van der Waals surface area contributed by atoms with Gasteiger partial charge in [0.2, 0.25) is 0 Å². The zero-order chi connectivity index (χ0) is 10.0. The summed E-state index contributed by atoms with van der Waals surface area (Å²) >= 11 is 1.40. The maximum absolute atomic E-state index is 11.5. The van der Waals surface area contributed by atoms with Gasteiger partial charge >= 0.3 is 0 Å². The van der Waals surface area contributed by atoms with E-state index in [0.717, 1.165) is 9.94 Å². The number of nitrogens with zero attached hydrogens (tertiary/aromatic N) is 1. The van der Waals surface area contributed by atoms with E-state index in [1.54, 1.807) is 13.1 Å². The third-order valence-corrected chi connectivity index (χ3v) is 2.55. The Hall–Kier alpha value is -1.07. The van der Waals surface area contributed by atoms with Crippen molar-refractivity contribution in [2.24, 2.45) is 0 Å². The summed E-state index contributed by atoms with van der Waals surface area (Å²) in [6, 6.07) is 1.76. The molecule has 0 saturated heterocycles. The summed E-state index contributed by atoms with van der Waals surface area (Å²) in [6.45, 7) is 1.91. The first-order valence-corrected chi connectivity index (χ1v) is 4.56. The summed E-state index contributed by atoms with van der Waals surface area (Å²) in [6.07, 6.45) is 0. The molecule has 1 aromatic rings. The van der Waals surface area contributed by atoms with Crippen LogP contribution in [-0.2, 0) is 4.84 Å². The molecule has 0 aliphatic rings. The van der Waals surface area contributed by atoms with Crippen LogP contribution >= 0.6 is 11.3 Å². The van der Waals surface area contributed by atoms with Crippen molar-refractivity contribution in [2.45, 2.75) is 6.92 Å². The largest absolute Gasteiger partial charge is 0.390 e. The zero-order valence-corrected chi connectivity index (χ0v) is 8.64. The number of amides is 1. The average molecular weight is 200 g/mol. The first-order chi connectivity index (χ1) is 6.06.